The molecule has 0 aliphatic rings. The van der Waals surface area contributed by atoms with Crippen molar-refractivity contribution in [1.82, 2.24) is 9.97 Å². The number of aryl methyl sites for hydroxylation is 1. The summed E-state index contributed by atoms with van der Waals surface area (Å²) in [5.41, 5.74) is 1.66. The van der Waals surface area contributed by atoms with E-state index in [-0.39, 0.29) is 11.5 Å². The van der Waals surface area contributed by atoms with E-state index in [2.05, 4.69) is 14.7 Å². The van der Waals surface area contributed by atoms with Gasteiger partial charge in [0.05, 0.1) is 7.11 Å². The van der Waals surface area contributed by atoms with Gasteiger partial charge in [-0.05, 0) is 18.6 Å². The van der Waals surface area contributed by atoms with Crippen LogP contribution in [0.15, 0.2) is 18.3 Å². The van der Waals surface area contributed by atoms with Gasteiger partial charge in [-0.15, -0.1) is 11.3 Å². The number of nitrogens with zero attached hydrogens (tertiary/aromatic N) is 2. The molecule has 98 valence electrons. The molecule has 0 aromatic carbocycles. The summed E-state index contributed by atoms with van der Waals surface area (Å²) in [5, 5.41) is 0.545. The van der Waals surface area contributed by atoms with Crippen molar-refractivity contribution in [2.75, 3.05) is 7.11 Å². The molecular formula is C13H12N2O3S. The first-order valence-electron chi connectivity index (χ1n) is 5.56. The molecule has 19 heavy (non-hydrogen) atoms. The Morgan fingerprint density at radius 3 is 2.68 bits per heavy atom. The smallest absolute Gasteiger partial charge is 0.358 e. The first-order chi connectivity index (χ1) is 9.04. The van der Waals surface area contributed by atoms with Crippen molar-refractivity contribution in [3.8, 4) is 10.7 Å². The van der Waals surface area contributed by atoms with Crippen LogP contribution in [0, 0.1) is 6.92 Å². The van der Waals surface area contributed by atoms with Gasteiger partial charge in [0.15, 0.2) is 11.5 Å². The van der Waals surface area contributed by atoms with Crippen LogP contribution in [0.2, 0.25) is 0 Å². The van der Waals surface area contributed by atoms with Crippen molar-refractivity contribution in [3.05, 3.63) is 34.5 Å². The van der Waals surface area contributed by atoms with Gasteiger partial charge in [0.1, 0.15) is 15.6 Å². The average molecular weight is 276 g/mol. The highest BCUT2D eigenvalue weighted by Crippen LogP contribution is 2.29. The van der Waals surface area contributed by atoms with Gasteiger partial charge in [0.2, 0.25) is 0 Å². The topological polar surface area (TPSA) is 69.2 Å². The minimum atomic E-state index is -0.610. The summed E-state index contributed by atoms with van der Waals surface area (Å²) in [6.45, 7) is 3.30. The van der Waals surface area contributed by atoms with Crippen molar-refractivity contribution >= 4 is 23.1 Å². The molecule has 6 heteroatoms. The fourth-order valence-corrected chi connectivity index (χ4v) is 2.61. The number of hydrogen-bond acceptors (Lipinski definition) is 6. The van der Waals surface area contributed by atoms with Crippen molar-refractivity contribution in [3.63, 3.8) is 0 Å². The molecule has 0 radical (unpaired) electrons. The van der Waals surface area contributed by atoms with Crippen LogP contribution in [0.3, 0.4) is 0 Å². The quantitative estimate of drug-likeness (QED) is 0.636. The maximum Gasteiger partial charge on any atom is 0.358 e. The molecule has 0 spiro atoms. The number of thiazole rings is 1. The number of ketones is 1. The largest absolute Gasteiger partial charge is 0.464 e. The number of carbonyl (C=O) groups is 2. The lowest BCUT2D eigenvalue weighted by molar-refractivity contribution is 0.0591. The number of esters is 1. The van der Waals surface area contributed by atoms with Crippen LogP contribution in [-0.2, 0) is 4.74 Å². The Bertz CT molecular complexity index is 649. The Morgan fingerprint density at radius 1 is 1.37 bits per heavy atom. The van der Waals surface area contributed by atoms with E-state index in [9.17, 15) is 9.59 Å². The Balaban J connectivity index is 2.58. The van der Waals surface area contributed by atoms with Crippen LogP contribution in [0.1, 0.15) is 32.6 Å². The summed E-state index contributed by atoms with van der Waals surface area (Å²) in [7, 11) is 1.26. The van der Waals surface area contributed by atoms with Crippen LogP contribution in [0.25, 0.3) is 10.7 Å². The van der Waals surface area contributed by atoms with Crippen LogP contribution in [-0.4, -0.2) is 28.8 Å². The molecule has 0 fully saturated rings. The summed E-state index contributed by atoms with van der Waals surface area (Å²) in [4.78, 5) is 31.9. The second-order valence-electron chi connectivity index (χ2n) is 3.91. The van der Waals surface area contributed by atoms with Crippen molar-refractivity contribution in [1.29, 1.82) is 0 Å². The SMILES string of the molecule is COC(=O)c1nc(-c2ncccc2C)sc1C(C)=O. The fraction of sp³-hybridized carbons (Fsp3) is 0.231. The van der Waals surface area contributed by atoms with Crippen LogP contribution < -0.4 is 0 Å². The lowest BCUT2D eigenvalue weighted by Gasteiger charge is -1.98. The molecule has 2 rings (SSSR count). The zero-order chi connectivity index (χ0) is 14.0. The average Bonchev–Trinajstić information content (AvgIpc) is 2.83. The normalized spacial score (nSPS) is 10.3. The third-order valence-corrected chi connectivity index (χ3v) is 3.70. The van der Waals surface area contributed by atoms with E-state index >= 15 is 0 Å². The van der Waals surface area contributed by atoms with E-state index in [1.54, 1.807) is 6.20 Å². The van der Waals surface area contributed by atoms with Crippen LogP contribution >= 0.6 is 11.3 Å². The fourth-order valence-electron chi connectivity index (χ4n) is 1.60. The highest BCUT2D eigenvalue weighted by Gasteiger charge is 2.23. The predicted octanol–water partition coefficient (Wildman–Crippen LogP) is 2.50. The van der Waals surface area contributed by atoms with Crippen molar-refractivity contribution < 1.29 is 14.3 Å². The summed E-state index contributed by atoms with van der Waals surface area (Å²) in [6, 6.07) is 3.72. The van der Waals surface area contributed by atoms with E-state index in [0.29, 0.717) is 15.6 Å². The van der Waals surface area contributed by atoms with Gasteiger partial charge in [-0.3, -0.25) is 9.78 Å². The molecule has 0 bridgehead atoms. The third kappa shape index (κ3) is 2.53. The second kappa shape index (κ2) is 5.27. The Labute approximate surface area is 114 Å². The Hall–Kier alpha value is -2.08. The second-order valence-corrected chi connectivity index (χ2v) is 4.91. The molecular weight excluding hydrogens is 264 g/mol. The van der Waals surface area contributed by atoms with Gasteiger partial charge >= 0.3 is 5.97 Å². The number of pyridine rings is 1. The Kier molecular flexibility index (Phi) is 3.71. The summed E-state index contributed by atoms with van der Waals surface area (Å²) in [6.07, 6.45) is 1.65. The minimum Gasteiger partial charge on any atom is -0.464 e. The van der Waals surface area contributed by atoms with E-state index in [1.807, 2.05) is 19.1 Å². The monoisotopic (exact) mass is 276 g/mol. The molecule has 0 saturated heterocycles. The maximum absolute atomic E-state index is 11.6. The number of hydrogen-bond donors (Lipinski definition) is 0. The molecule has 0 aliphatic carbocycles. The lowest BCUT2D eigenvalue weighted by atomic mass is 10.2. The van der Waals surface area contributed by atoms with Gasteiger partial charge in [-0.25, -0.2) is 9.78 Å². The zero-order valence-corrected chi connectivity index (χ0v) is 11.6. The molecule has 0 saturated carbocycles. The molecule has 2 aromatic heterocycles. The first-order valence-corrected chi connectivity index (χ1v) is 6.38. The van der Waals surface area contributed by atoms with Gasteiger partial charge in [-0.2, -0.15) is 0 Å². The van der Waals surface area contributed by atoms with Gasteiger partial charge in [0.25, 0.3) is 0 Å². The highest BCUT2D eigenvalue weighted by molar-refractivity contribution is 7.17. The number of Topliss-reactive ketones (excluding diaryl/α,β-unsaturated/α-hetero) is 1. The zero-order valence-electron chi connectivity index (χ0n) is 10.8. The van der Waals surface area contributed by atoms with Crippen molar-refractivity contribution in [2.24, 2.45) is 0 Å². The molecule has 2 aromatic rings. The maximum atomic E-state index is 11.6. The molecule has 0 aliphatic heterocycles. The highest BCUT2D eigenvalue weighted by atomic mass is 32.1. The number of rotatable bonds is 3. The molecule has 0 unspecified atom stereocenters. The Morgan fingerprint density at radius 2 is 2.11 bits per heavy atom. The number of ether oxygens (including phenoxy) is 1. The number of aromatic nitrogens is 2. The predicted molar refractivity (Wildman–Crippen MR) is 71.4 cm³/mol. The third-order valence-electron chi connectivity index (χ3n) is 2.54. The van der Waals surface area contributed by atoms with Crippen LogP contribution in [0.4, 0.5) is 0 Å². The summed E-state index contributed by atoms with van der Waals surface area (Å²) in [5.74, 6) is -0.820. The van der Waals surface area contributed by atoms with E-state index in [1.165, 1.54) is 14.0 Å². The molecule has 2 heterocycles. The number of methoxy groups -OCH3 is 1. The van der Waals surface area contributed by atoms with Crippen molar-refractivity contribution in [2.45, 2.75) is 13.8 Å². The van der Waals surface area contributed by atoms with E-state index < -0.39 is 5.97 Å². The summed E-state index contributed by atoms with van der Waals surface area (Å²) < 4.78 is 4.64. The van der Waals surface area contributed by atoms with Gasteiger partial charge in [0, 0.05) is 13.1 Å². The van der Waals surface area contributed by atoms with E-state index in [4.69, 9.17) is 0 Å². The minimum absolute atomic E-state index is 0.0556. The van der Waals surface area contributed by atoms with Gasteiger partial charge in [-0.1, -0.05) is 6.07 Å². The molecule has 5 nitrogen and oxygen atoms in total. The molecule has 0 amide bonds. The first kappa shape index (κ1) is 13.4. The standard InChI is InChI=1S/C13H12N2O3S/c1-7-5-4-6-14-9(7)12-15-10(13(17)18-3)11(19-12)8(2)16/h4-6H,1-3H3. The summed E-state index contributed by atoms with van der Waals surface area (Å²) >= 11 is 1.15. The number of carbonyl (C=O) groups excluding carboxylic acids is 2. The van der Waals surface area contributed by atoms with Crippen LogP contribution in [0.5, 0.6) is 0 Å². The molecule has 0 N–H and O–H groups in total. The van der Waals surface area contributed by atoms with E-state index in [0.717, 1.165) is 16.9 Å². The lowest BCUT2D eigenvalue weighted by Crippen LogP contribution is -2.06. The van der Waals surface area contributed by atoms with Gasteiger partial charge < -0.3 is 4.74 Å². The molecule has 0 atom stereocenters.